The number of nitrogens with zero attached hydrogens (tertiary/aromatic N) is 3. The lowest BCUT2D eigenvalue weighted by atomic mass is 10.1. The molecular formula is C15H15F3N4O2. The fourth-order valence-electron chi connectivity index (χ4n) is 2.50. The van der Waals surface area contributed by atoms with Gasteiger partial charge in [0.2, 0.25) is 17.6 Å². The van der Waals surface area contributed by atoms with E-state index in [0.29, 0.717) is 13.1 Å². The summed E-state index contributed by atoms with van der Waals surface area (Å²) in [4.78, 5) is 17.5. The average molecular weight is 340 g/mol. The quantitative estimate of drug-likeness (QED) is 0.928. The topological polar surface area (TPSA) is 71.3 Å². The molecule has 1 amide bonds. The van der Waals surface area contributed by atoms with E-state index >= 15 is 0 Å². The van der Waals surface area contributed by atoms with Crippen LogP contribution in [0.5, 0.6) is 0 Å². The Morgan fingerprint density at radius 1 is 1.38 bits per heavy atom. The summed E-state index contributed by atoms with van der Waals surface area (Å²) in [6.45, 7) is 3.18. The van der Waals surface area contributed by atoms with E-state index in [4.69, 9.17) is 4.52 Å². The van der Waals surface area contributed by atoms with E-state index in [9.17, 15) is 18.0 Å². The van der Waals surface area contributed by atoms with Gasteiger partial charge in [0.25, 0.3) is 0 Å². The Kier molecular flexibility index (Phi) is 4.27. The zero-order valence-electron chi connectivity index (χ0n) is 12.8. The molecule has 1 atom stereocenters. The van der Waals surface area contributed by atoms with Crippen LogP contribution in [0.4, 0.5) is 13.2 Å². The minimum atomic E-state index is -4.43. The Morgan fingerprint density at radius 3 is 2.88 bits per heavy atom. The molecule has 6 nitrogen and oxygen atoms in total. The van der Waals surface area contributed by atoms with Crippen molar-refractivity contribution in [3.63, 3.8) is 0 Å². The van der Waals surface area contributed by atoms with Crippen LogP contribution >= 0.6 is 0 Å². The van der Waals surface area contributed by atoms with Crippen molar-refractivity contribution in [2.45, 2.75) is 19.1 Å². The van der Waals surface area contributed by atoms with Crippen molar-refractivity contribution in [2.75, 3.05) is 19.6 Å². The van der Waals surface area contributed by atoms with Gasteiger partial charge in [-0.3, -0.25) is 9.69 Å². The fraction of sp³-hybridized carbons (Fsp3) is 0.400. The molecule has 128 valence electrons. The van der Waals surface area contributed by atoms with E-state index in [1.165, 1.54) is 12.1 Å². The molecule has 1 aromatic heterocycles. The molecular weight excluding hydrogens is 325 g/mol. The minimum absolute atomic E-state index is 0.0874. The third-order valence-electron chi connectivity index (χ3n) is 3.86. The van der Waals surface area contributed by atoms with Gasteiger partial charge in [0.1, 0.15) is 0 Å². The summed E-state index contributed by atoms with van der Waals surface area (Å²) in [7, 11) is 0. The van der Waals surface area contributed by atoms with E-state index in [1.807, 2.05) is 11.8 Å². The second-order valence-electron chi connectivity index (χ2n) is 5.53. The number of aromatic nitrogens is 2. The highest BCUT2D eigenvalue weighted by Gasteiger charge is 2.31. The molecule has 24 heavy (non-hydrogen) atoms. The van der Waals surface area contributed by atoms with Gasteiger partial charge < -0.3 is 9.84 Å². The molecule has 1 aliphatic heterocycles. The third-order valence-corrected chi connectivity index (χ3v) is 3.86. The summed E-state index contributed by atoms with van der Waals surface area (Å²) in [5, 5.41) is 6.48. The zero-order chi connectivity index (χ0) is 17.3. The van der Waals surface area contributed by atoms with Crippen molar-refractivity contribution in [1.82, 2.24) is 20.4 Å². The van der Waals surface area contributed by atoms with Crippen LogP contribution in [0.1, 0.15) is 24.4 Å². The van der Waals surface area contributed by atoms with Crippen LogP contribution in [0, 0.1) is 0 Å². The van der Waals surface area contributed by atoms with Crippen molar-refractivity contribution < 1.29 is 22.5 Å². The largest absolute Gasteiger partial charge is 0.416 e. The molecule has 0 spiro atoms. The molecule has 1 aliphatic rings. The van der Waals surface area contributed by atoms with Crippen LogP contribution in [0.15, 0.2) is 28.8 Å². The predicted molar refractivity (Wildman–Crippen MR) is 77.7 cm³/mol. The number of amides is 1. The highest BCUT2D eigenvalue weighted by Crippen LogP contribution is 2.32. The first-order chi connectivity index (χ1) is 11.3. The SMILES string of the molecule is CC(c1nc(-c2cccc(C(F)(F)F)c2)no1)N1CCNC(=O)C1. The average Bonchev–Trinajstić information content (AvgIpc) is 3.03. The second-order valence-corrected chi connectivity index (χ2v) is 5.53. The van der Waals surface area contributed by atoms with Gasteiger partial charge in [0, 0.05) is 18.7 Å². The van der Waals surface area contributed by atoms with Crippen LogP contribution in [-0.4, -0.2) is 40.6 Å². The number of benzene rings is 1. The maximum absolute atomic E-state index is 12.8. The lowest BCUT2D eigenvalue weighted by Crippen LogP contribution is -2.48. The highest BCUT2D eigenvalue weighted by atomic mass is 19.4. The maximum atomic E-state index is 12.8. The van der Waals surface area contributed by atoms with Gasteiger partial charge in [-0.1, -0.05) is 17.3 Å². The molecule has 2 aromatic rings. The van der Waals surface area contributed by atoms with Gasteiger partial charge in [-0.25, -0.2) is 0 Å². The molecule has 1 saturated heterocycles. The second kappa shape index (κ2) is 6.23. The Hall–Kier alpha value is -2.42. The Labute approximate surface area is 135 Å². The lowest BCUT2D eigenvalue weighted by Gasteiger charge is -2.29. The number of hydrogen-bond donors (Lipinski definition) is 1. The first kappa shape index (κ1) is 16.4. The van der Waals surface area contributed by atoms with Crippen molar-refractivity contribution >= 4 is 5.91 Å². The summed E-state index contributed by atoms with van der Waals surface area (Å²) in [6, 6.07) is 4.45. The molecule has 1 aromatic carbocycles. The molecule has 0 aliphatic carbocycles. The molecule has 9 heteroatoms. The van der Waals surface area contributed by atoms with Crippen LogP contribution in [0.2, 0.25) is 0 Å². The van der Waals surface area contributed by atoms with Crippen molar-refractivity contribution in [1.29, 1.82) is 0 Å². The van der Waals surface area contributed by atoms with Gasteiger partial charge in [-0.05, 0) is 19.1 Å². The third kappa shape index (κ3) is 3.40. The van der Waals surface area contributed by atoms with E-state index in [0.717, 1.165) is 12.1 Å². The minimum Gasteiger partial charge on any atom is -0.354 e. The zero-order valence-corrected chi connectivity index (χ0v) is 12.8. The Bertz CT molecular complexity index is 744. The number of rotatable bonds is 3. The number of carbonyl (C=O) groups excluding carboxylic acids is 1. The van der Waals surface area contributed by atoms with Crippen LogP contribution in [0.25, 0.3) is 11.4 Å². The number of nitrogens with one attached hydrogen (secondary N) is 1. The van der Waals surface area contributed by atoms with Gasteiger partial charge >= 0.3 is 6.18 Å². The maximum Gasteiger partial charge on any atom is 0.416 e. The predicted octanol–water partition coefficient (Wildman–Crippen LogP) is 2.25. The molecule has 1 unspecified atom stereocenters. The summed E-state index contributed by atoms with van der Waals surface area (Å²) >= 11 is 0. The molecule has 1 N–H and O–H groups in total. The molecule has 0 radical (unpaired) electrons. The standard InChI is InChI=1S/C15H15F3N4O2/c1-9(22-6-5-19-12(23)8-22)14-20-13(21-24-14)10-3-2-4-11(7-10)15(16,17)18/h2-4,7,9H,5-6,8H2,1H3,(H,19,23). The summed E-state index contributed by atoms with van der Waals surface area (Å²) < 4.78 is 43.5. The summed E-state index contributed by atoms with van der Waals surface area (Å²) in [5.41, 5.74) is -0.546. The van der Waals surface area contributed by atoms with E-state index in [1.54, 1.807) is 0 Å². The first-order valence-corrected chi connectivity index (χ1v) is 7.36. The summed E-state index contributed by atoms with van der Waals surface area (Å²) in [5.74, 6) is 0.257. The smallest absolute Gasteiger partial charge is 0.354 e. The lowest BCUT2D eigenvalue weighted by molar-refractivity contribution is -0.137. The van der Waals surface area contributed by atoms with E-state index < -0.39 is 11.7 Å². The molecule has 2 heterocycles. The number of carbonyl (C=O) groups is 1. The monoisotopic (exact) mass is 340 g/mol. The normalized spacial score (nSPS) is 17.6. The number of halogens is 3. The fourth-order valence-corrected chi connectivity index (χ4v) is 2.50. The highest BCUT2D eigenvalue weighted by molar-refractivity contribution is 5.78. The Balaban J connectivity index is 1.82. The number of alkyl halides is 3. The van der Waals surface area contributed by atoms with Gasteiger partial charge in [0.05, 0.1) is 18.2 Å². The molecule has 3 rings (SSSR count). The van der Waals surface area contributed by atoms with Crippen molar-refractivity contribution in [2.24, 2.45) is 0 Å². The molecule has 1 fully saturated rings. The van der Waals surface area contributed by atoms with E-state index in [2.05, 4.69) is 15.5 Å². The van der Waals surface area contributed by atoms with Crippen molar-refractivity contribution in [3.05, 3.63) is 35.7 Å². The van der Waals surface area contributed by atoms with E-state index in [-0.39, 0.29) is 35.8 Å². The molecule has 0 saturated carbocycles. The van der Waals surface area contributed by atoms with Gasteiger partial charge in [-0.2, -0.15) is 18.2 Å². The van der Waals surface area contributed by atoms with Crippen LogP contribution in [-0.2, 0) is 11.0 Å². The Morgan fingerprint density at radius 2 is 2.17 bits per heavy atom. The van der Waals surface area contributed by atoms with Crippen LogP contribution < -0.4 is 5.32 Å². The molecule has 0 bridgehead atoms. The van der Waals surface area contributed by atoms with Gasteiger partial charge in [0.15, 0.2) is 0 Å². The van der Waals surface area contributed by atoms with Crippen molar-refractivity contribution in [3.8, 4) is 11.4 Å². The van der Waals surface area contributed by atoms with Crippen LogP contribution in [0.3, 0.4) is 0 Å². The number of hydrogen-bond acceptors (Lipinski definition) is 5. The summed E-state index contributed by atoms with van der Waals surface area (Å²) in [6.07, 6.45) is -4.43. The number of piperazine rings is 1. The van der Waals surface area contributed by atoms with Gasteiger partial charge in [-0.15, -0.1) is 0 Å². The first-order valence-electron chi connectivity index (χ1n) is 7.36.